The van der Waals surface area contributed by atoms with Gasteiger partial charge in [-0.3, -0.25) is 0 Å². The van der Waals surface area contributed by atoms with E-state index < -0.39 is 22.6 Å². The molecular formula is C7H2Cl2F4. The zero-order valence-electron chi connectivity index (χ0n) is 5.92. The first-order chi connectivity index (χ1) is 5.82. The molecule has 0 fully saturated rings. The van der Waals surface area contributed by atoms with E-state index in [1.165, 1.54) is 0 Å². The number of alkyl halides is 3. The van der Waals surface area contributed by atoms with E-state index in [0.29, 0.717) is 6.07 Å². The van der Waals surface area contributed by atoms with Crippen LogP contribution >= 0.6 is 23.2 Å². The molecule has 0 aliphatic rings. The maximum absolute atomic E-state index is 12.8. The van der Waals surface area contributed by atoms with Gasteiger partial charge in [0.2, 0.25) is 0 Å². The van der Waals surface area contributed by atoms with Gasteiger partial charge in [0.25, 0.3) is 0 Å². The molecule has 0 heterocycles. The second-order valence-corrected chi connectivity index (χ2v) is 3.09. The Morgan fingerprint density at radius 1 is 1.08 bits per heavy atom. The summed E-state index contributed by atoms with van der Waals surface area (Å²) in [6, 6.07) is 1.40. The standard InChI is InChI=1S/C7H2Cl2F4/c8-3-1-4(7(11,12)13)6(10)5(9)2-3/h1-2H. The van der Waals surface area contributed by atoms with Crippen LogP contribution in [0.4, 0.5) is 17.6 Å². The lowest BCUT2D eigenvalue weighted by Crippen LogP contribution is -2.08. The lowest BCUT2D eigenvalue weighted by atomic mass is 10.2. The molecule has 0 aliphatic carbocycles. The number of halogens is 6. The minimum atomic E-state index is -4.78. The third kappa shape index (κ3) is 2.25. The van der Waals surface area contributed by atoms with Gasteiger partial charge in [0, 0.05) is 5.02 Å². The van der Waals surface area contributed by atoms with Gasteiger partial charge in [0.15, 0.2) is 5.82 Å². The molecule has 0 saturated carbocycles. The first-order valence-electron chi connectivity index (χ1n) is 3.04. The molecule has 0 spiro atoms. The molecule has 0 nitrogen and oxygen atoms in total. The summed E-state index contributed by atoms with van der Waals surface area (Å²) in [5.41, 5.74) is -1.45. The number of hydrogen-bond donors (Lipinski definition) is 0. The normalized spacial score (nSPS) is 11.8. The van der Waals surface area contributed by atoms with E-state index in [0.717, 1.165) is 6.07 Å². The summed E-state index contributed by atoms with van der Waals surface area (Å²) in [6.07, 6.45) is -4.78. The highest BCUT2D eigenvalue weighted by Crippen LogP contribution is 2.35. The molecule has 13 heavy (non-hydrogen) atoms. The fourth-order valence-electron chi connectivity index (χ4n) is 0.762. The zero-order chi connectivity index (χ0) is 10.2. The van der Waals surface area contributed by atoms with Gasteiger partial charge in [-0.15, -0.1) is 0 Å². The van der Waals surface area contributed by atoms with Crippen LogP contribution in [0.5, 0.6) is 0 Å². The average Bonchev–Trinajstić information content (AvgIpc) is 1.94. The molecule has 0 saturated heterocycles. The van der Waals surface area contributed by atoms with E-state index in [9.17, 15) is 17.6 Å². The van der Waals surface area contributed by atoms with Gasteiger partial charge in [-0.2, -0.15) is 13.2 Å². The smallest absolute Gasteiger partial charge is 0.205 e. The van der Waals surface area contributed by atoms with Gasteiger partial charge >= 0.3 is 6.18 Å². The second-order valence-electron chi connectivity index (χ2n) is 2.25. The molecule has 1 aromatic rings. The first-order valence-corrected chi connectivity index (χ1v) is 3.79. The molecule has 0 amide bonds. The molecule has 72 valence electrons. The predicted octanol–water partition coefficient (Wildman–Crippen LogP) is 4.15. The second kappa shape index (κ2) is 3.35. The molecular weight excluding hydrogens is 231 g/mol. The minimum absolute atomic E-state index is 0.251. The molecule has 0 aliphatic heterocycles. The molecule has 1 aromatic carbocycles. The highest BCUT2D eigenvalue weighted by molar-refractivity contribution is 6.34. The van der Waals surface area contributed by atoms with Crippen LogP contribution in [0.25, 0.3) is 0 Å². The molecule has 0 aromatic heterocycles. The van der Waals surface area contributed by atoms with Gasteiger partial charge in [-0.05, 0) is 12.1 Å². The Morgan fingerprint density at radius 2 is 1.62 bits per heavy atom. The van der Waals surface area contributed by atoms with E-state index in [2.05, 4.69) is 0 Å². The van der Waals surface area contributed by atoms with Crippen LogP contribution in [0.15, 0.2) is 12.1 Å². The molecule has 6 heteroatoms. The van der Waals surface area contributed by atoms with Crippen molar-refractivity contribution in [3.8, 4) is 0 Å². The Kier molecular flexibility index (Phi) is 2.73. The summed E-state index contributed by atoms with van der Waals surface area (Å²) >= 11 is 10.4. The van der Waals surface area contributed by atoms with Crippen molar-refractivity contribution in [3.63, 3.8) is 0 Å². The fourth-order valence-corrected chi connectivity index (χ4v) is 1.26. The third-order valence-corrected chi connectivity index (χ3v) is 1.79. The quantitative estimate of drug-likeness (QED) is 0.466. The first kappa shape index (κ1) is 10.6. The summed E-state index contributed by atoms with van der Waals surface area (Å²) in [4.78, 5) is 0. The summed E-state index contributed by atoms with van der Waals surface area (Å²) in [7, 11) is 0. The van der Waals surface area contributed by atoms with Crippen molar-refractivity contribution >= 4 is 23.2 Å². The van der Waals surface area contributed by atoms with Crippen LogP contribution in [-0.2, 0) is 6.18 Å². The van der Waals surface area contributed by atoms with Gasteiger partial charge in [0.1, 0.15) is 0 Å². The largest absolute Gasteiger partial charge is 0.419 e. The van der Waals surface area contributed by atoms with Crippen molar-refractivity contribution in [3.05, 3.63) is 33.6 Å². The summed E-state index contributed by atoms with van der Waals surface area (Å²) in [5.74, 6) is -1.50. The highest BCUT2D eigenvalue weighted by atomic mass is 35.5. The van der Waals surface area contributed by atoms with E-state index in [1.807, 2.05) is 0 Å². The van der Waals surface area contributed by atoms with Crippen LogP contribution in [0.3, 0.4) is 0 Å². The van der Waals surface area contributed by atoms with Crippen LogP contribution in [0.2, 0.25) is 10.0 Å². The summed E-state index contributed by atoms with van der Waals surface area (Å²) < 4.78 is 48.9. The van der Waals surface area contributed by atoms with Gasteiger partial charge in [0.05, 0.1) is 10.6 Å². The highest BCUT2D eigenvalue weighted by Gasteiger charge is 2.35. The Hall–Kier alpha value is -0.480. The van der Waals surface area contributed by atoms with Crippen molar-refractivity contribution in [1.82, 2.24) is 0 Å². The Labute approximate surface area is 81.1 Å². The van der Waals surface area contributed by atoms with Crippen molar-refractivity contribution in [2.75, 3.05) is 0 Å². The Morgan fingerprint density at radius 3 is 2.08 bits per heavy atom. The molecule has 1 rings (SSSR count). The predicted molar refractivity (Wildman–Crippen MR) is 41.4 cm³/mol. The number of hydrogen-bond acceptors (Lipinski definition) is 0. The van der Waals surface area contributed by atoms with E-state index in [1.54, 1.807) is 0 Å². The van der Waals surface area contributed by atoms with Crippen LogP contribution in [0, 0.1) is 5.82 Å². The third-order valence-electron chi connectivity index (χ3n) is 1.30. The number of benzene rings is 1. The zero-order valence-corrected chi connectivity index (χ0v) is 7.43. The van der Waals surface area contributed by atoms with E-state index in [-0.39, 0.29) is 5.02 Å². The average molecular weight is 233 g/mol. The maximum Gasteiger partial charge on any atom is 0.419 e. The molecule has 0 radical (unpaired) electrons. The maximum atomic E-state index is 12.8. The topological polar surface area (TPSA) is 0 Å². The van der Waals surface area contributed by atoms with Crippen LogP contribution in [0.1, 0.15) is 5.56 Å². The Bertz CT molecular complexity index is 332. The lowest BCUT2D eigenvalue weighted by Gasteiger charge is -2.08. The van der Waals surface area contributed by atoms with Crippen LogP contribution < -0.4 is 0 Å². The van der Waals surface area contributed by atoms with Crippen LogP contribution in [-0.4, -0.2) is 0 Å². The number of rotatable bonds is 0. The monoisotopic (exact) mass is 232 g/mol. The lowest BCUT2D eigenvalue weighted by molar-refractivity contribution is -0.139. The van der Waals surface area contributed by atoms with Crippen molar-refractivity contribution in [1.29, 1.82) is 0 Å². The van der Waals surface area contributed by atoms with Crippen molar-refractivity contribution in [2.45, 2.75) is 6.18 Å². The summed E-state index contributed by atoms with van der Waals surface area (Å²) in [6.45, 7) is 0. The molecule has 0 N–H and O–H groups in total. The Balaban J connectivity index is 3.37. The van der Waals surface area contributed by atoms with Gasteiger partial charge in [-0.1, -0.05) is 23.2 Å². The van der Waals surface area contributed by atoms with E-state index in [4.69, 9.17) is 23.2 Å². The van der Waals surface area contributed by atoms with Gasteiger partial charge < -0.3 is 0 Å². The van der Waals surface area contributed by atoms with Crippen molar-refractivity contribution < 1.29 is 17.6 Å². The fraction of sp³-hybridized carbons (Fsp3) is 0.143. The van der Waals surface area contributed by atoms with E-state index >= 15 is 0 Å². The molecule has 0 atom stereocenters. The molecule has 0 unspecified atom stereocenters. The summed E-state index contributed by atoms with van der Waals surface area (Å²) in [5, 5.41) is -0.890. The van der Waals surface area contributed by atoms with Crippen molar-refractivity contribution in [2.24, 2.45) is 0 Å². The van der Waals surface area contributed by atoms with Gasteiger partial charge in [-0.25, -0.2) is 4.39 Å². The minimum Gasteiger partial charge on any atom is -0.205 e. The molecule has 0 bridgehead atoms. The SMILES string of the molecule is Fc1c(Cl)cc(Cl)cc1C(F)(F)F.